The highest BCUT2D eigenvalue weighted by Gasteiger charge is 2.05. The van der Waals surface area contributed by atoms with Gasteiger partial charge in [0.05, 0.1) is 16.1 Å². The van der Waals surface area contributed by atoms with Gasteiger partial charge in [0.1, 0.15) is 18.5 Å². The minimum atomic E-state index is -0.674. The van der Waals surface area contributed by atoms with E-state index in [1.54, 1.807) is 18.2 Å². The van der Waals surface area contributed by atoms with Crippen molar-refractivity contribution in [2.75, 3.05) is 13.2 Å². The van der Waals surface area contributed by atoms with E-state index >= 15 is 0 Å². The van der Waals surface area contributed by atoms with Gasteiger partial charge >= 0.3 is 0 Å². The summed E-state index contributed by atoms with van der Waals surface area (Å²) in [7, 11) is 0. The van der Waals surface area contributed by atoms with Crippen LogP contribution in [0.5, 0.6) is 5.75 Å². The number of aliphatic hydroxyl groups excluding tert-OH is 1. The summed E-state index contributed by atoms with van der Waals surface area (Å²) in [4.78, 5) is 0. The van der Waals surface area contributed by atoms with Gasteiger partial charge < -0.3 is 15.6 Å². The molecule has 0 bridgehead atoms. The molecule has 1 aromatic carbocycles. The number of aliphatic hydroxyl groups is 1. The standard InChI is InChI=1S/C10H11BrN2O2/c11-9-3-7(4-12)1-2-10(9)15-6-8(14)5-13/h1-3,8,14H,5-6,13H2. The Labute approximate surface area is 96.4 Å². The molecule has 0 saturated heterocycles. The maximum absolute atomic E-state index is 9.19. The summed E-state index contributed by atoms with van der Waals surface area (Å²) in [5.74, 6) is 0.585. The Balaban J connectivity index is 2.67. The van der Waals surface area contributed by atoms with Crippen LogP contribution in [0, 0.1) is 11.3 Å². The lowest BCUT2D eigenvalue weighted by molar-refractivity contribution is 0.114. The summed E-state index contributed by atoms with van der Waals surface area (Å²) >= 11 is 3.27. The first-order valence-corrected chi connectivity index (χ1v) is 5.17. The molecule has 1 unspecified atom stereocenters. The number of benzene rings is 1. The molecule has 1 atom stereocenters. The van der Waals surface area contributed by atoms with Crippen molar-refractivity contribution in [1.82, 2.24) is 0 Å². The van der Waals surface area contributed by atoms with Crippen LogP contribution in [-0.4, -0.2) is 24.4 Å². The minimum Gasteiger partial charge on any atom is -0.490 e. The molecule has 5 heteroatoms. The predicted octanol–water partition coefficient (Wildman–Crippen LogP) is 1.02. The quantitative estimate of drug-likeness (QED) is 0.856. The molecule has 4 nitrogen and oxygen atoms in total. The van der Waals surface area contributed by atoms with Crippen molar-refractivity contribution >= 4 is 15.9 Å². The molecule has 0 aliphatic heterocycles. The lowest BCUT2D eigenvalue weighted by Gasteiger charge is -2.11. The molecule has 0 spiro atoms. The van der Waals surface area contributed by atoms with Crippen LogP contribution in [0.4, 0.5) is 0 Å². The molecular formula is C10H11BrN2O2. The third-order valence-electron chi connectivity index (χ3n) is 1.76. The Morgan fingerprint density at radius 3 is 2.87 bits per heavy atom. The normalized spacial score (nSPS) is 11.9. The molecular weight excluding hydrogens is 260 g/mol. The van der Waals surface area contributed by atoms with E-state index in [-0.39, 0.29) is 13.2 Å². The van der Waals surface area contributed by atoms with E-state index in [2.05, 4.69) is 15.9 Å². The molecule has 0 saturated carbocycles. The molecule has 0 amide bonds. The molecule has 3 N–H and O–H groups in total. The van der Waals surface area contributed by atoms with Crippen molar-refractivity contribution < 1.29 is 9.84 Å². The van der Waals surface area contributed by atoms with E-state index in [0.29, 0.717) is 15.8 Å². The maximum atomic E-state index is 9.19. The number of nitrogens with zero attached hydrogens (tertiary/aromatic N) is 1. The van der Waals surface area contributed by atoms with E-state index < -0.39 is 6.10 Å². The Morgan fingerprint density at radius 1 is 1.60 bits per heavy atom. The lowest BCUT2D eigenvalue weighted by atomic mass is 10.2. The first-order chi connectivity index (χ1) is 7.17. The summed E-state index contributed by atoms with van der Waals surface area (Å²) in [6.07, 6.45) is -0.674. The zero-order valence-electron chi connectivity index (χ0n) is 7.98. The molecule has 1 aromatic rings. The average Bonchev–Trinajstić information content (AvgIpc) is 2.26. The Hall–Kier alpha value is -1.09. The van der Waals surface area contributed by atoms with E-state index in [4.69, 9.17) is 15.7 Å². The highest BCUT2D eigenvalue weighted by Crippen LogP contribution is 2.25. The second-order valence-corrected chi connectivity index (χ2v) is 3.81. The van der Waals surface area contributed by atoms with E-state index in [9.17, 15) is 5.11 Å². The molecule has 0 aliphatic carbocycles. The minimum absolute atomic E-state index is 0.140. The van der Waals surface area contributed by atoms with Crippen molar-refractivity contribution in [3.8, 4) is 11.8 Å². The van der Waals surface area contributed by atoms with Gasteiger partial charge in [-0.1, -0.05) is 0 Å². The smallest absolute Gasteiger partial charge is 0.133 e. The van der Waals surface area contributed by atoms with Crippen LogP contribution in [0.2, 0.25) is 0 Å². The number of hydrogen-bond acceptors (Lipinski definition) is 4. The number of nitriles is 1. The van der Waals surface area contributed by atoms with Gasteiger partial charge in [-0.15, -0.1) is 0 Å². The van der Waals surface area contributed by atoms with Gasteiger partial charge in [-0.05, 0) is 34.1 Å². The zero-order valence-corrected chi connectivity index (χ0v) is 9.57. The zero-order chi connectivity index (χ0) is 11.3. The molecule has 0 heterocycles. The van der Waals surface area contributed by atoms with Crippen molar-refractivity contribution in [2.24, 2.45) is 5.73 Å². The molecule has 80 valence electrons. The van der Waals surface area contributed by atoms with Gasteiger partial charge in [0.2, 0.25) is 0 Å². The fourth-order valence-electron chi connectivity index (χ4n) is 0.941. The molecule has 1 rings (SSSR count). The van der Waals surface area contributed by atoms with Crippen LogP contribution in [0.3, 0.4) is 0 Å². The van der Waals surface area contributed by atoms with E-state index in [0.717, 1.165) is 0 Å². The number of hydrogen-bond donors (Lipinski definition) is 2. The SMILES string of the molecule is N#Cc1ccc(OCC(O)CN)c(Br)c1. The van der Waals surface area contributed by atoms with Gasteiger partial charge in [-0.25, -0.2) is 0 Å². The number of rotatable bonds is 4. The molecule has 0 fully saturated rings. The second kappa shape index (κ2) is 5.71. The van der Waals surface area contributed by atoms with E-state index in [1.807, 2.05) is 6.07 Å². The topological polar surface area (TPSA) is 79.3 Å². The molecule has 0 aliphatic rings. The third-order valence-corrected chi connectivity index (χ3v) is 2.38. The van der Waals surface area contributed by atoms with Crippen molar-refractivity contribution in [1.29, 1.82) is 5.26 Å². The molecule has 15 heavy (non-hydrogen) atoms. The highest BCUT2D eigenvalue weighted by atomic mass is 79.9. The fraction of sp³-hybridized carbons (Fsp3) is 0.300. The summed E-state index contributed by atoms with van der Waals surface area (Å²) in [6, 6.07) is 6.99. The highest BCUT2D eigenvalue weighted by molar-refractivity contribution is 9.10. The Kier molecular flexibility index (Phi) is 4.56. The van der Waals surface area contributed by atoms with Crippen molar-refractivity contribution in [3.63, 3.8) is 0 Å². The average molecular weight is 271 g/mol. The van der Waals surface area contributed by atoms with Crippen LogP contribution >= 0.6 is 15.9 Å². The molecule has 0 aromatic heterocycles. The number of nitrogens with two attached hydrogens (primary N) is 1. The maximum Gasteiger partial charge on any atom is 0.133 e. The largest absolute Gasteiger partial charge is 0.490 e. The first kappa shape index (κ1) is 12.0. The summed E-state index contributed by atoms with van der Waals surface area (Å²) in [5.41, 5.74) is 5.78. The van der Waals surface area contributed by atoms with Crippen LogP contribution in [0.1, 0.15) is 5.56 Å². The Bertz CT molecular complexity index is 376. The van der Waals surface area contributed by atoms with Gasteiger partial charge in [0.15, 0.2) is 0 Å². The van der Waals surface area contributed by atoms with Gasteiger partial charge in [0.25, 0.3) is 0 Å². The monoisotopic (exact) mass is 270 g/mol. The van der Waals surface area contributed by atoms with E-state index in [1.165, 1.54) is 0 Å². The third kappa shape index (κ3) is 3.51. The van der Waals surface area contributed by atoms with Gasteiger partial charge in [0, 0.05) is 6.54 Å². The van der Waals surface area contributed by atoms with Gasteiger partial charge in [-0.2, -0.15) is 5.26 Å². The fourth-order valence-corrected chi connectivity index (χ4v) is 1.43. The molecule has 0 radical (unpaired) electrons. The van der Waals surface area contributed by atoms with Crippen LogP contribution in [0.15, 0.2) is 22.7 Å². The van der Waals surface area contributed by atoms with Crippen LogP contribution in [-0.2, 0) is 0 Å². The van der Waals surface area contributed by atoms with Crippen LogP contribution < -0.4 is 10.5 Å². The van der Waals surface area contributed by atoms with Gasteiger partial charge in [-0.3, -0.25) is 0 Å². The second-order valence-electron chi connectivity index (χ2n) is 2.96. The van der Waals surface area contributed by atoms with Crippen LogP contribution in [0.25, 0.3) is 0 Å². The summed E-state index contributed by atoms with van der Waals surface area (Å²) in [6.45, 7) is 0.300. The van der Waals surface area contributed by atoms with Crippen molar-refractivity contribution in [2.45, 2.75) is 6.10 Å². The summed E-state index contributed by atoms with van der Waals surface area (Å²) in [5, 5.41) is 17.8. The Morgan fingerprint density at radius 2 is 2.33 bits per heavy atom. The first-order valence-electron chi connectivity index (χ1n) is 4.38. The number of ether oxygens (including phenoxy) is 1. The number of halogens is 1. The van der Waals surface area contributed by atoms with Crippen molar-refractivity contribution in [3.05, 3.63) is 28.2 Å². The predicted molar refractivity (Wildman–Crippen MR) is 59.4 cm³/mol. The lowest BCUT2D eigenvalue weighted by Crippen LogP contribution is -2.26. The summed E-state index contributed by atoms with van der Waals surface area (Å²) < 4.78 is 5.99.